The molecule has 8 heteroatoms. The molecule has 0 atom stereocenters. The first-order valence-corrected chi connectivity index (χ1v) is 9.99. The lowest BCUT2D eigenvalue weighted by atomic mass is 10.0. The number of pyridine rings is 1. The van der Waals surface area contributed by atoms with Gasteiger partial charge in [0.1, 0.15) is 5.75 Å². The molecule has 2 aromatic carbocycles. The lowest BCUT2D eigenvalue weighted by molar-refractivity contribution is -0.123. The van der Waals surface area contributed by atoms with Crippen LogP contribution in [0.25, 0.3) is 22.2 Å². The number of benzene rings is 2. The highest BCUT2D eigenvalue weighted by atomic mass is 16.5. The summed E-state index contributed by atoms with van der Waals surface area (Å²) in [5.41, 5.74) is 1.75. The molecule has 0 saturated carbocycles. The maximum absolute atomic E-state index is 12.8. The molecule has 0 aliphatic heterocycles. The zero-order valence-corrected chi connectivity index (χ0v) is 18.4. The van der Waals surface area contributed by atoms with Crippen molar-refractivity contribution in [3.8, 4) is 17.0 Å². The highest BCUT2D eigenvalue weighted by Gasteiger charge is 2.19. The fraction of sp³-hybridized carbons (Fsp3) is 0.250. The highest BCUT2D eigenvalue weighted by Crippen LogP contribution is 2.26. The van der Waals surface area contributed by atoms with Gasteiger partial charge in [0, 0.05) is 16.5 Å². The Morgan fingerprint density at radius 1 is 1.00 bits per heavy atom. The first-order chi connectivity index (χ1) is 15.2. The van der Waals surface area contributed by atoms with Crippen LogP contribution in [0.3, 0.4) is 0 Å². The van der Waals surface area contributed by atoms with Crippen molar-refractivity contribution in [1.82, 2.24) is 15.6 Å². The van der Waals surface area contributed by atoms with E-state index in [9.17, 15) is 14.4 Å². The molecule has 0 aliphatic carbocycles. The molecule has 1 heterocycles. The average Bonchev–Trinajstić information content (AvgIpc) is 2.75. The van der Waals surface area contributed by atoms with E-state index in [1.165, 1.54) is 0 Å². The van der Waals surface area contributed by atoms with Gasteiger partial charge in [0.2, 0.25) is 0 Å². The van der Waals surface area contributed by atoms with E-state index in [4.69, 9.17) is 9.47 Å². The van der Waals surface area contributed by atoms with Crippen LogP contribution in [0.1, 0.15) is 31.1 Å². The molecule has 166 valence electrons. The Bertz CT molecular complexity index is 1150. The van der Waals surface area contributed by atoms with Crippen molar-refractivity contribution >= 4 is 28.8 Å². The summed E-state index contributed by atoms with van der Waals surface area (Å²) in [6.45, 7) is 4.76. The van der Waals surface area contributed by atoms with Crippen LogP contribution >= 0.6 is 0 Å². The molecule has 3 aromatic rings. The number of para-hydroxylation sites is 1. The van der Waals surface area contributed by atoms with E-state index >= 15 is 0 Å². The number of nitrogens with zero attached hydrogens (tertiary/aromatic N) is 1. The summed E-state index contributed by atoms with van der Waals surface area (Å²) in [5, 5.41) is 5.33. The van der Waals surface area contributed by atoms with Crippen molar-refractivity contribution < 1.29 is 23.9 Å². The van der Waals surface area contributed by atoms with Crippen LogP contribution in [-0.4, -0.2) is 42.1 Å². The number of fused-ring (bicyclic) bond motifs is 1. The van der Waals surface area contributed by atoms with Crippen molar-refractivity contribution in [1.29, 1.82) is 0 Å². The molecule has 32 heavy (non-hydrogen) atoms. The van der Waals surface area contributed by atoms with Gasteiger partial charge in [0.15, 0.2) is 6.61 Å². The average molecular weight is 435 g/mol. The fourth-order valence-electron chi connectivity index (χ4n) is 3.00. The SMILES string of the molecule is COc1ccc(-c2cc(C(=O)OCC(=O)NC(=O)NC(C)(C)C)c3ccccc3n2)cc1. The van der Waals surface area contributed by atoms with Gasteiger partial charge in [0.05, 0.1) is 23.9 Å². The first-order valence-electron chi connectivity index (χ1n) is 9.99. The monoisotopic (exact) mass is 435 g/mol. The molecule has 0 aliphatic rings. The minimum atomic E-state index is -0.728. The third kappa shape index (κ3) is 5.81. The molecule has 2 N–H and O–H groups in total. The van der Waals surface area contributed by atoms with Gasteiger partial charge in [-0.05, 0) is 57.2 Å². The molecule has 1 aromatic heterocycles. The first kappa shape index (κ1) is 22.7. The van der Waals surface area contributed by atoms with Crippen molar-refractivity contribution in [3.63, 3.8) is 0 Å². The molecule has 0 saturated heterocycles. The second-order valence-electron chi connectivity index (χ2n) is 8.13. The van der Waals surface area contributed by atoms with Gasteiger partial charge < -0.3 is 14.8 Å². The minimum Gasteiger partial charge on any atom is -0.497 e. The number of urea groups is 1. The van der Waals surface area contributed by atoms with Gasteiger partial charge in [0.25, 0.3) is 5.91 Å². The summed E-state index contributed by atoms with van der Waals surface area (Å²) in [4.78, 5) is 41.3. The molecule has 0 fully saturated rings. The summed E-state index contributed by atoms with van der Waals surface area (Å²) < 4.78 is 10.4. The molecule has 0 spiro atoms. The van der Waals surface area contributed by atoms with E-state index in [0.717, 1.165) is 5.56 Å². The molecule has 0 bridgehead atoms. The molecule has 0 unspecified atom stereocenters. The molecular weight excluding hydrogens is 410 g/mol. The number of ether oxygens (including phenoxy) is 2. The van der Waals surface area contributed by atoms with Gasteiger partial charge in [-0.2, -0.15) is 0 Å². The Morgan fingerprint density at radius 2 is 1.69 bits per heavy atom. The van der Waals surface area contributed by atoms with Crippen molar-refractivity contribution in [2.75, 3.05) is 13.7 Å². The highest BCUT2D eigenvalue weighted by molar-refractivity contribution is 6.05. The van der Waals surface area contributed by atoms with E-state index < -0.39 is 30.1 Å². The van der Waals surface area contributed by atoms with Gasteiger partial charge in [-0.3, -0.25) is 10.1 Å². The third-order valence-corrected chi connectivity index (χ3v) is 4.40. The summed E-state index contributed by atoms with van der Waals surface area (Å²) in [6, 6.07) is 15.4. The lowest BCUT2D eigenvalue weighted by Crippen LogP contribution is -2.49. The number of hydrogen-bond donors (Lipinski definition) is 2. The number of aromatic nitrogens is 1. The molecule has 0 radical (unpaired) electrons. The molecule has 3 amide bonds. The van der Waals surface area contributed by atoms with Crippen molar-refractivity contribution in [2.24, 2.45) is 0 Å². The predicted octanol–water partition coefficient (Wildman–Crippen LogP) is 3.69. The van der Waals surface area contributed by atoms with Crippen molar-refractivity contribution in [3.05, 3.63) is 60.2 Å². The number of carbonyl (C=O) groups excluding carboxylic acids is 3. The van der Waals surface area contributed by atoms with Crippen LogP contribution in [0.5, 0.6) is 5.75 Å². The van der Waals surface area contributed by atoms with Crippen LogP contribution < -0.4 is 15.4 Å². The topological polar surface area (TPSA) is 107 Å². The number of imide groups is 1. The zero-order chi connectivity index (χ0) is 23.3. The van der Waals surface area contributed by atoms with E-state index in [0.29, 0.717) is 22.3 Å². The van der Waals surface area contributed by atoms with Gasteiger partial charge >= 0.3 is 12.0 Å². The zero-order valence-electron chi connectivity index (χ0n) is 18.4. The second kappa shape index (κ2) is 9.47. The maximum Gasteiger partial charge on any atom is 0.339 e. The van der Waals surface area contributed by atoms with Crippen LogP contribution in [0.15, 0.2) is 54.6 Å². The number of methoxy groups -OCH3 is 1. The van der Waals surface area contributed by atoms with E-state index in [1.807, 2.05) is 18.2 Å². The van der Waals surface area contributed by atoms with Crippen LogP contribution in [-0.2, 0) is 9.53 Å². The van der Waals surface area contributed by atoms with Gasteiger partial charge in [-0.1, -0.05) is 18.2 Å². The normalized spacial score (nSPS) is 11.0. The standard InChI is InChI=1S/C24H25N3O5/c1-24(2,3)27-23(30)26-21(28)14-32-22(29)18-13-20(15-9-11-16(31-4)12-10-15)25-19-8-6-5-7-17(18)19/h5-13H,14H2,1-4H3,(H2,26,27,28,30). The fourth-order valence-corrected chi connectivity index (χ4v) is 3.00. The van der Waals surface area contributed by atoms with Crippen LogP contribution in [0.2, 0.25) is 0 Å². The maximum atomic E-state index is 12.8. The quantitative estimate of drug-likeness (QED) is 0.592. The largest absolute Gasteiger partial charge is 0.497 e. The van der Waals surface area contributed by atoms with Crippen molar-refractivity contribution in [2.45, 2.75) is 26.3 Å². The number of esters is 1. The summed E-state index contributed by atoms with van der Waals surface area (Å²) in [5.74, 6) is -0.714. The third-order valence-electron chi connectivity index (χ3n) is 4.40. The smallest absolute Gasteiger partial charge is 0.339 e. The van der Waals surface area contributed by atoms with Gasteiger partial charge in [-0.15, -0.1) is 0 Å². The number of rotatable bonds is 5. The Morgan fingerprint density at radius 3 is 2.34 bits per heavy atom. The Labute approximate surface area is 185 Å². The van der Waals surface area contributed by atoms with E-state index in [1.54, 1.807) is 64.3 Å². The molecular formula is C24H25N3O5. The summed E-state index contributed by atoms with van der Waals surface area (Å²) >= 11 is 0. The lowest BCUT2D eigenvalue weighted by Gasteiger charge is -2.20. The summed E-state index contributed by atoms with van der Waals surface area (Å²) in [7, 11) is 1.58. The Kier molecular flexibility index (Phi) is 6.73. The number of amides is 3. The summed E-state index contributed by atoms with van der Waals surface area (Å²) in [6.07, 6.45) is 0. The predicted molar refractivity (Wildman–Crippen MR) is 120 cm³/mol. The number of nitrogens with one attached hydrogen (secondary N) is 2. The molecule has 3 rings (SSSR count). The Balaban J connectivity index is 1.80. The van der Waals surface area contributed by atoms with Crippen LogP contribution in [0, 0.1) is 0 Å². The molecule has 8 nitrogen and oxygen atoms in total. The second-order valence-corrected chi connectivity index (χ2v) is 8.13. The Hall–Kier alpha value is -3.94. The number of hydrogen-bond acceptors (Lipinski definition) is 6. The minimum absolute atomic E-state index is 0.272. The van der Waals surface area contributed by atoms with Crippen LogP contribution in [0.4, 0.5) is 4.79 Å². The van der Waals surface area contributed by atoms with E-state index in [2.05, 4.69) is 15.6 Å². The van der Waals surface area contributed by atoms with Gasteiger partial charge in [-0.25, -0.2) is 14.6 Å². The van der Waals surface area contributed by atoms with E-state index in [-0.39, 0.29) is 5.56 Å². The number of carbonyl (C=O) groups is 3.